The number of nitrogens with one attached hydrogen (secondary N) is 1. The molecule has 106 valence electrons. The number of ether oxygens (including phenoxy) is 1. The molecule has 3 unspecified atom stereocenters. The average Bonchev–Trinajstić information content (AvgIpc) is 2.39. The molecule has 0 bridgehead atoms. The number of hydrogen-bond donors (Lipinski definition) is 2. The Hall–Kier alpha value is -1.10. The molecule has 1 aliphatic heterocycles. The molecule has 1 amide bonds. The summed E-state index contributed by atoms with van der Waals surface area (Å²) in [4.78, 5) is 12.0. The normalized spacial score (nSPS) is 24.1. The summed E-state index contributed by atoms with van der Waals surface area (Å²) in [5, 5.41) is 3.00. The number of amides is 1. The molecule has 2 rings (SSSR count). The molecule has 19 heavy (non-hydrogen) atoms. The minimum absolute atomic E-state index is 0. The molecule has 3 N–H and O–H groups in total. The first-order valence-electron chi connectivity index (χ1n) is 6.39. The molecule has 4 nitrogen and oxygen atoms in total. The van der Waals surface area contributed by atoms with E-state index >= 15 is 0 Å². The molecule has 3 atom stereocenters. The van der Waals surface area contributed by atoms with E-state index in [1.165, 1.54) is 0 Å². The second kappa shape index (κ2) is 7.48. The molecule has 0 aliphatic carbocycles. The molecule has 1 saturated heterocycles. The molecule has 0 saturated carbocycles. The van der Waals surface area contributed by atoms with Crippen LogP contribution in [-0.4, -0.2) is 24.7 Å². The van der Waals surface area contributed by atoms with E-state index in [1.807, 2.05) is 37.3 Å². The van der Waals surface area contributed by atoms with Crippen LogP contribution in [0.2, 0.25) is 0 Å². The first kappa shape index (κ1) is 16.0. The van der Waals surface area contributed by atoms with Gasteiger partial charge in [0, 0.05) is 12.6 Å². The molecule has 0 radical (unpaired) electrons. The quantitative estimate of drug-likeness (QED) is 0.889. The highest BCUT2D eigenvalue weighted by Crippen LogP contribution is 2.15. The van der Waals surface area contributed by atoms with Crippen LogP contribution < -0.4 is 11.1 Å². The van der Waals surface area contributed by atoms with E-state index < -0.39 is 6.04 Å². The lowest BCUT2D eigenvalue weighted by Crippen LogP contribution is -2.44. The first-order chi connectivity index (χ1) is 8.66. The van der Waals surface area contributed by atoms with E-state index in [9.17, 15) is 4.79 Å². The van der Waals surface area contributed by atoms with Crippen LogP contribution in [0.5, 0.6) is 0 Å². The predicted octanol–water partition coefficient (Wildman–Crippen LogP) is 1.79. The van der Waals surface area contributed by atoms with Crippen molar-refractivity contribution in [1.82, 2.24) is 5.32 Å². The Bertz CT molecular complexity index is 400. The summed E-state index contributed by atoms with van der Waals surface area (Å²) in [5.74, 6) is -0.111. The molecule has 5 heteroatoms. The van der Waals surface area contributed by atoms with Crippen molar-refractivity contribution in [2.24, 2.45) is 5.73 Å². The standard InChI is InChI=1S/C14H20N2O2.ClH/c1-10-9-12(7-8-18-10)16-14(17)13(15)11-5-3-2-4-6-11;/h2-6,10,12-13H,7-9,15H2,1H3,(H,16,17);1H. The van der Waals surface area contributed by atoms with Gasteiger partial charge in [-0.3, -0.25) is 4.79 Å². The van der Waals surface area contributed by atoms with Gasteiger partial charge in [0.1, 0.15) is 6.04 Å². The van der Waals surface area contributed by atoms with Crippen molar-refractivity contribution in [1.29, 1.82) is 0 Å². The maximum atomic E-state index is 12.0. The van der Waals surface area contributed by atoms with Crippen LogP contribution in [0.25, 0.3) is 0 Å². The lowest BCUT2D eigenvalue weighted by molar-refractivity contribution is -0.124. The highest BCUT2D eigenvalue weighted by molar-refractivity contribution is 5.85. The van der Waals surface area contributed by atoms with Crippen molar-refractivity contribution >= 4 is 18.3 Å². The van der Waals surface area contributed by atoms with Crippen molar-refractivity contribution < 1.29 is 9.53 Å². The molecule has 1 fully saturated rings. The van der Waals surface area contributed by atoms with Crippen LogP contribution in [-0.2, 0) is 9.53 Å². The number of hydrogen-bond acceptors (Lipinski definition) is 3. The molecule has 0 spiro atoms. The molecule has 0 aromatic heterocycles. The third kappa shape index (κ3) is 4.49. The predicted molar refractivity (Wildman–Crippen MR) is 77.2 cm³/mol. The molecule has 1 aliphatic rings. The largest absolute Gasteiger partial charge is 0.378 e. The van der Waals surface area contributed by atoms with Crippen molar-refractivity contribution in [3.63, 3.8) is 0 Å². The number of carbonyl (C=O) groups is 1. The summed E-state index contributed by atoms with van der Waals surface area (Å²) in [6.07, 6.45) is 1.92. The van der Waals surface area contributed by atoms with Crippen LogP contribution in [0, 0.1) is 0 Å². The van der Waals surface area contributed by atoms with Crippen LogP contribution in [0.1, 0.15) is 31.4 Å². The maximum absolute atomic E-state index is 12.0. The fourth-order valence-corrected chi connectivity index (χ4v) is 2.23. The Morgan fingerprint density at radius 3 is 2.74 bits per heavy atom. The Morgan fingerprint density at radius 2 is 2.11 bits per heavy atom. The van der Waals surface area contributed by atoms with E-state index in [4.69, 9.17) is 10.5 Å². The third-order valence-electron chi connectivity index (χ3n) is 3.27. The number of benzene rings is 1. The minimum atomic E-state index is -0.593. The minimum Gasteiger partial charge on any atom is -0.378 e. The van der Waals surface area contributed by atoms with Gasteiger partial charge in [0.15, 0.2) is 0 Å². The van der Waals surface area contributed by atoms with E-state index in [-0.39, 0.29) is 30.5 Å². The number of carbonyl (C=O) groups excluding carboxylic acids is 1. The fourth-order valence-electron chi connectivity index (χ4n) is 2.23. The summed E-state index contributed by atoms with van der Waals surface area (Å²) < 4.78 is 5.45. The maximum Gasteiger partial charge on any atom is 0.241 e. The van der Waals surface area contributed by atoms with Gasteiger partial charge < -0.3 is 15.8 Å². The molecule has 1 aromatic carbocycles. The number of rotatable bonds is 3. The smallest absolute Gasteiger partial charge is 0.241 e. The van der Waals surface area contributed by atoms with E-state index in [1.54, 1.807) is 0 Å². The Labute approximate surface area is 120 Å². The SMILES string of the molecule is CC1CC(NC(=O)C(N)c2ccccc2)CCO1.Cl. The third-order valence-corrected chi connectivity index (χ3v) is 3.27. The zero-order valence-electron chi connectivity index (χ0n) is 11.0. The van der Waals surface area contributed by atoms with E-state index in [0.29, 0.717) is 6.61 Å². The van der Waals surface area contributed by atoms with Gasteiger partial charge >= 0.3 is 0 Å². The summed E-state index contributed by atoms with van der Waals surface area (Å²) in [6, 6.07) is 9.01. The summed E-state index contributed by atoms with van der Waals surface area (Å²) >= 11 is 0. The summed E-state index contributed by atoms with van der Waals surface area (Å²) in [6.45, 7) is 2.72. The Balaban J connectivity index is 0.00000180. The molecular weight excluding hydrogens is 264 g/mol. The van der Waals surface area contributed by atoms with Crippen molar-refractivity contribution in [3.8, 4) is 0 Å². The highest BCUT2D eigenvalue weighted by atomic mass is 35.5. The van der Waals surface area contributed by atoms with Gasteiger partial charge in [-0.25, -0.2) is 0 Å². The van der Waals surface area contributed by atoms with Gasteiger partial charge in [-0.05, 0) is 25.3 Å². The summed E-state index contributed by atoms with van der Waals surface area (Å²) in [7, 11) is 0. The van der Waals surface area contributed by atoms with Crippen molar-refractivity contribution in [3.05, 3.63) is 35.9 Å². The molecule has 1 aromatic rings. The van der Waals surface area contributed by atoms with Gasteiger partial charge in [-0.1, -0.05) is 30.3 Å². The van der Waals surface area contributed by atoms with Gasteiger partial charge in [0.25, 0.3) is 0 Å². The van der Waals surface area contributed by atoms with E-state index in [2.05, 4.69) is 5.32 Å². The lowest BCUT2D eigenvalue weighted by atomic mass is 10.0. The second-order valence-electron chi connectivity index (χ2n) is 4.80. The van der Waals surface area contributed by atoms with Crippen molar-refractivity contribution in [2.45, 2.75) is 38.0 Å². The summed E-state index contributed by atoms with van der Waals surface area (Å²) in [5.41, 5.74) is 6.79. The monoisotopic (exact) mass is 284 g/mol. The van der Waals surface area contributed by atoms with Gasteiger partial charge in [-0.2, -0.15) is 0 Å². The topological polar surface area (TPSA) is 64.4 Å². The Morgan fingerprint density at radius 1 is 1.42 bits per heavy atom. The number of halogens is 1. The van der Waals surface area contributed by atoms with Crippen molar-refractivity contribution in [2.75, 3.05) is 6.61 Å². The number of nitrogens with two attached hydrogens (primary N) is 1. The van der Waals surface area contributed by atoms with Crippen LogP contribution >= 0.6 is 12.4 Å². The van der Waals surface area contributed by atoms with Crippen LogP contribution in [0.4, 0.5) is 0 Å². The zero-order chi connectivity index (χ0) is 13.0. The van der Waals surface area contributed by atoms with Gasteiger partial charge in [0.05, 0.1) is 6.10 Å². The highest BCUT2D eigenvalue weighted by Gasteiger charge is 2.23. The Kier molecular flexibility index (Phi) is 6.28. The fraction of sp³-hybridized carbons (Fsp3) is 0.500. The first-order valence-corrected chi connectivity index (χ1v) is 6.39. The molecular formula is C14H21ClN2O2. The van der Waals surface area contributed by atoms with E-state index in [0.717, 1.165) is 18.4 Å². The van der Waals surface area contributed by atoms with Crippen LogP contribution in [0.15, 0.2) is 30.3 Å². The zero-order valence-corrected chi connectivity index (χ0v) is 11.9. The lowest BCUT2D eigenvalue weighted by Gasteiger charge is -2.28. The van der Waals surface area contributed by atoms with Gasteiger partial charge in [0.2, 0.25) is 5.91 Å². The second-order valence-corrected chi connectivity index (χ2v) is 4.80. The average molecular weight is 285 g/mol. The van der Waals surface area contributed by atoms with Crippen LogP contribution in [0.3, 0.4) is 0 Å². The molecule has 1 heterocycles. The van der Waals surface area contributed by atoms with Gasteiger partial charge in [-0.15, -0.1) is 12.4 Å².